The van der Waals surface area contributed by atoms with E-state index in [4.69, 9.17) is 0 Å². The number of hydrogen-bond donors (Lipinski definition) is 0. The van der Waals surface area contributed by atoms with Gasteiger partial charge in [0.15, 0.2) is 0 Å². The van der Waals surface area contributed by atoms with Crippen molar-refractivity contribution in [2.24, 2.45) is 4.99 Å². The van der Waals surface area contributed by atoms with Crippen LogP contribution >= 0.6 is 22.6 Å². The lowest BCUT2D eigenvalue weighted by Gasteiger charge is -2.18. The first-order chi connectivity index (χ1) is 9.66. The van der Waals surface area contributed by atoms with Crippen LogP contribution in [-0.4, -0.2) is 25.2 Å². The molecule has 0 aliphatic carbocycles. The molecular formula is C16H13IN2O. The van der Waals surface area contributed by atoms with Crippen molar-refractivity contribution in [2.75, 3.05) is 18.5 Å². The molecule has 1 aliphatic heterocycles. The molecule has 100 valence electrons. The number of anilines is 1. The third-order valence-corrected chi connectivity index (χ3v) is 4.04. The summed E-state index contributed by atoms with van der Waals surface area (Å²) in [5.74, 6) is 0.0124. The Hall–Kier alpha value is -1.69. The molecule has 1 heterocycles. The summed E-state index contributed by atoms with van der Waals surface area (Å²) in [7, 11) is 1.80. The average Bonchev–Trinajstić information content (AvgIpc) is 2.58. The molecule has 3 rings (SSSR count). The normalized spacial score (nSPS) is 14.6. The van der Waals surface area contributed by atoms with Gasteiger partial charge in [0.2, 0.25) is 5.91 Å². The zero-order valence-electron chi connectivity index (χ0n) is 11.0. The highest BCUT2D eigenvalue weighted by Crippen LogP contribution is 2.27. The number of benzodiazepines with no additional fused rings is 1. The predicted molar refractivity (Wildman–Crippen MR) is 89.5 cm³/mol. The number of halogens is 1. The number of amides is 1. The minimum atomic E-state index is 0.0124. The minimum absolute atomic E-state index is 0.0124. The first kappa shape index (κ1) is 13.3. The van der Waals surface area contributed by atoms with Crippen LogP contribution in [0, 0.1) is 3.57 Å². The Morgan fingerprint density at radius 1 is 1.15 bits per heavy atom. The molecule has 1 amide bonds. The number of rotatable bonds is 1. The Morgan fingerprint density at radius 3 is 2.65 bits per heavy atom. The number of carbonyl (C=O) groups is 1. The van der Waals surface area contributed by atoms with Gasteiger partial charge in [-0.15, -0.1) is 0 Å². The fourth-order valence-corrected chi connectivity index (χ4v) is 2.80. The largest absolute Gasteiger partial charge is 0.313 e. The number of fused-ring (bicyclic) bond motifs is 1. The highest BCUT2D eigenvalue weighted by molar-refractivity contribution is 14.1. The van der Waals surface area contributed by atoms with Crippen LogP contribution < -0.4 is 4.90 Å². The van der Waals surface area contributed by atoms with E-state index in [1.54, 1.807) is 11.9 Å². The molecule has 3 nitrogen and oxygen atoms in total. The van der Waals surface area contributed by atoms with E-state index in [-0.39, 0.29) is 12.5 Å². The first-order valence-electron chi connectivity index (χ1n) is 6.33. The molecule has 0 spiro atoms. The number of nitrogens with zero attached hydrogens (tertiary/aromatic N) is 2. The molecule has 2 aromatic carbocycles. The Bertz CT molecular complexity index is 695. The summed E-state index contributed by atoms with van der Waals surface area (Å²) in [5.41, 5.74) is 3.85. The lowest BCUT2D eigenvalue weighted by Crippen LogP contribution is -2.27. The maximum Gasteiger partial charge on any atom is 0.248 e. The van der Waals surface area contributed by atoms with E-state index in [1.165, 1.54) is 0 Å². The van der Waals surface area contributed by atoms with Crippen molar-refractivity contribution < 1.29 is 4.79 Å². The van der Waals surface area contributed by atoms with Crippen molar-refractivity contribution in [3.8, 4) is 0 Å². The highest BCUT2D eigenvalue weighted by Gasteiger charge is 2.22. The van der Waals surface area contributed by atoms with Gasteiger partial charge in [-0.25, -0.2) is 0 Å². The van der Waals surface area contributed by atoms with Gasteiger partial charge in [-0.3, -0.25) is 9.79 Å². The fourth-order valence-electron chi connectivity index (χ4n) is 2.31. The third-order valence-electron chi connectivity index (χ3n) is 3.37. The second-order valence-electron chi connectivity index (χ2n) is 4.65. The van der Waals surface area contributed by atoms with E-state index in [2.05, 4.69) is 33.6 Å². The molecule has 0 saturated heterocycles. The Labute approximate surface area is 131 Å². The zero-order valence-corrected chi connectivity index (χ0v) is 13.2. The molecule has 0 fully saturated rings. The van der Waals surface area contributed by atoms with Crippen LogP contribution in [0.25, 0.3) is 0 Å². The molecule has 0 aromatic heterocycles. The van der Waals surface area contributed by atoms with Crippen LogP contribution in [0.4, 0.5) is 5.69 Å². The fraction of sp³-hybridized carbons (Fsp3) is 0.125. The summed E-state index contributed by atoms with van der Waals surface area (Å²) in [6.07, 6.45) is 0. The number of hydrogen-bond acceptors (Lipinski definition) is 2. The van der Waals surface area contributed by atoms with Gasteiger partial charge in [-0.05, 0) is 40.8 Å². The number of benzene rings is 2. The second kappa shape index (κ2) is 5.36. The number of aliphatic imine (C=N–C) groups is 1. The predicted octanol–water partition coefficient (Wildman–Crippen LogP) is 3.11. The van der Waals surface area contributed by atoms with E-state index in [0.29, 0.717) is 0 Å². The van der Waals surface area contributed by atoms with Crippen molar-refractivity contribution in [1.82, 2.24) is 0 Å². The summed E-state index contributed by atoms with van der Waals surface area (Å²) >= 11 is 2.28. The maximum atomic E-state index is 12.1. The standard InChI is InChI=1S/C16H13IN2O/c1-19-14-8-7-12(17)9-13(14)16(18-10-15(19)20)11-5-3-2-4-6-11/h2-9H,10H2,1H3. The topological polar surface area (TPSA) is 32.7 Å². The van der Waals surface area contributed by atoms with Gasteiger partial charge in [-0.1, -0.05) is 30.3 Å². The van der Waals surface area contributed by atoms with Crippen molar-refractivity contribution in [1.29, 1.82) is 0 Å². The van der Waals surface area contributed by atoms with Crippen molar-refractivity contribution in [3.05, 3.63) is 63.2 Å². The van der Waals surface area contributed by atoms with E-state index < -0.39 is 0 Å². The van der Waals surface area contributed by atoms with E-state index >= 15 is 0 Å². The summed E-state index contributed by atoms with van der Waals surface area (Å²) in [6, 6.07) is 16.1. The molecule has 0 unspecified atom stereocenters. The van der Waals surface area contributed by atoms with Gasteiger partial charge in [0.25, 0.3) is 0 Å². The zero-order chi connectivity index (χ0) is 14.1. The second-order valence-corrected chi connectivity index (χ2v) is 5.89. The van der Waals surface area contributed by atoms with Crippen LogP contribution in [0.1, 0.15) is 11.1 Å². The quantitative estimate of drug-likeness (QED) is 0.704. The molecule has 0 saturated carbocycles. The van der Waals surface area contributed by atoms with Gasteiger partial charge in [0.05, 0.1) is 11.4 Å². The Kier molecular flexibility index (Phi) is 3.56. The molecule has 20 heavy (non-hydrogen) atoms. The molecule has 0 atom stereocenters. The van der Waals surface area contributed by atoms with Crippen LogP contribution in [0.2, 0.25) is 0 Å². The molecule has 1 aliphatic rings. The molecule has 0 radical (unpaired) electrons. The van der Waals surface area contributed by atoms with Gasteiger partial charge in [0, 0.05) is 21.7 Å². The molecule has 0 N–H and O–H groups in total. The first-order valence-corrected chi connectivity index (χ1v) is 7.41. The monoisotopic (exact) mass is 376 g/mol. The van der Waals surface area contributed by atoms with Crippen LogP contribution in [0.3, 0.4) is 0 Å². The molecule has 4 heteroatoms. The van der Waals surface area contributed by atoms with Crippen molar-refractivity contribution >= 4 is 39.9 Å². The summed E-state index contributed by atoms with van der Waals surface area (Å²) < 4.78 is 1.13. The lowest BCUT2D eigenvalue weighted by molar-refractivity contribution is -0.116. The van der Waals surface area contributed by atoms with E-state index in [1.807, 2.05) is 42.5 Å². The smallest absolute Gasteiger partial charge is 0.248 e. The van der Waals surface area contributed by atoms with Crippen molar-refractivity contribution in [3.63, 3.8) is 0 Å². The molecular weight excluding hydrogens is 363 g/mol. The van der Waals surface area contributed by atoms with E-state index in [0.717, 1.165) is 26.1 Å². The van der Waals surface area contributed by atoms with Gasteiger partial charge < -0.3 is 4.90 Å². The van der Waals surface area contributed by atoms with Gasteiger partial charge in [-0.2, -0.15) is 0 Å². The Morgan fingerprint density at radius 2 is 1.90 bits per heavy atom. The van der Waals surface area contributed by atoms with Gasteiger partial charge in [0.1, 0.15) is 6.54 Å². The summed E-state index contributed by atoms with van der Waals surface area (Å²) in [6.45, 7) is 0.186. The van der Waals surface area contributed by atoms with Crippen LogP contribution in [0.5, 0.6) is 0 Å². The van der Waals surface area contributed by atoms with Gasteiger partial charge >= 0.3 is 0 Å². The number of likely N-dealkylation sites (N-methyl/N-ethyl adjacent to an activating group) is 1. The number of carbonyl (C=O) groups excluding carboxylic acids is 1. The average molecular weight is 376 g/mol. The summed E-state index contributed by atoms with van der Waals surface area (Å²) in [5, 5.41) is 0. The van der Waals surface area contributed by atoms with Crippen LogP contribution in [-0.2, 0) is 4.79 Å². The molecule has 2 aromatic rings. The van der Waals surface area contributed by atoms with E-state index in [9.17, 15) is 4.79 Å². The third kappa shape index (κ3) is 2.35. The lowest BCUT2D eigenvalue weighted by atomic mass is 10.0. The minimum Gasteiger partial charge on any atom is -0.313 e. The highest BCUT2D eigenvalue weighted by atomic mass is 127. The van der Waals surface area contributed by atoms with Crippen molar-refractivity contribution in [2.45, 2.75) is 0 Å². The molecule has 0 bridgehead atoms. The summed E-state index contributed by atoms with van der Waals surface area (Å²) in [4.78, 5) is 18.3. The Balaban J connectivity index is 2.23. The maximum absolute atomic E-state index is 12.1. The van der Waals surface area contributed by atoms with Crippen LogP contribution in [0.15, 0.2) is 53.5 Å². The SMILES string of the molecule is CN1C(=O)CN=C(c2ccccc2)c2cc(I)ccc21.